The number of aromatic nitrogens is 3. The Balaban J connectivity index is 1.68. The molecule has 1 aliphatic rings. The lowest BCUT2D eigenvalue weighted by Gasteiger charge is -2.08. The molecule has 0 aliphatic heterocycles. The average Bonchev–Trinajstić information content (AvgIpc) is 3.29. The Bertz CT molecular complexity index is 828. The molecular formula is C17H20N4O3S2. The molecule has 2 heterocycles. The van der Waals surface area contributed by atoms with Crippen LogP contribution in [0.4, 0.5) is 5.00 Å². The topological polar surface area (TPSA) is 86.1 Å². The van der Waals surface area contributed by atoms with Gasteiger partial charge < -0.3 is 14.6 Å². The summed E-state index contributed by atoms with van der Waals surface area (Å²) >= 11 is 2.77. The van der Waals surface area contributed by atoms with Crippen molar-refractivity contribution in [2.75, 3.05) is 17.7 Å². The third-order valence-corrected chi connectivity index (χ3v) is 6.08. The summed E-state index contributed by atoms with van der Waals surface area (Å²) in [6.45, 7) is 6.36. The Kier molecular flexibility index (Phi) is 6.10. The van der Waals surface area contributed by atoms with Crippen molar-refractivity contribution in [3.05, 3.63) is 35.0 Å². The number of esters is 1. The van der Waals surface area contributed by atoms with Crippen LogP contribution in [0, 0.1) is 0 Å². The molecule has 0 atom stereocenters. The molecule has 7 nitrogen and oxygen atoms in total. The first-order valence-electron chi connectivity index (χ1n) is 8.37. The van der Waals surface area contributed by atoms with E-state index in [9.17, 15) is 9.59 Å². The maximum absolute atomic E-state index is 12.4. The van der Waals surface area contributed by atoms with Gasteiger partial charge in [0.25, 0.3) is 0 Å². The maximum Gasteiger partial charge on any atom is 0.341 e. The van der Waals surface area contributed by atoms with Crippen LogP contribution >= 0.6 is 23.1 Å². The number of carbonyl (C=O) groups excluding carboxylic acids is 2. The second kappa shape index (κ2) is 8.50. The van der Waals surface area contributed by atoms with Gasteiger partial charge in [-0.25, -0.2) is 4.79 Å². The maximum atomic E-state index is 12.4. The molecule has 0 spiro atoms. The van der Waals surface area contributed by atoms with Crippen LogP contribution in [0.1, 0.15) is 34.1 Å². The highest BCUT2D eigenvalue weighted by Gasteiger charge is 2.28. The summed E-state index contributed by atoms with van der Waals surface area (Å²) in [6, 6.07) is 0. The Morgan fingerprint density at radius 1 is 1.50 bits per heavy atom. The van der Waals surface area contributed by atoms with E-state index < -0.39 is 0 Å². The molecule has 1 aliphatic carbocycles. The molecular weight excluding hydrogens is 372 g/mol. The summed E-state index contributed by atoms with van der Waals surface area (Å²) in [7, 11) is 0. The zero-order valence-corrected chi connectivity index (χ0v) is 16.1. The molecule has 0 aromatic carbocycles. The minimum Gasteiger partial charge on any atom is -0.462 e. The highest BCUT2D eigenvalue weighted by atomic mass is 32.2. The van der Waals surface area contributed by atoms with Gasteiger partial charge >= 0.3 is 5.97 Å². The van der Waals surface area contributed by atoms with E-state index in [0.29, 0.717) is 28.9 Å². The summed E-state index contributed by atoms with van der Waals surface area (Å²) in [5, 5.41) is 12.0. The molecule has 1 N–H and O–H groups in total. The van der Waals surface area contributed by atoms with Crippen LogP contribution in [0.15, 0.2) is 24.1 Å². The number of thioether (sulfide) groups is 1. The Labute approximate surface area is 159 Å². The Morgan fingerprint density at radius 3 is 3.12 bits per heavy atom. The minimum absolute atomic E-state index is 0.181. The summed E-state index contributed by atoms with van der Waals surface area (Å²) in [5.74, 6) is -0.366. The van der Waals surface area contributed by atoms with Crippen molar-refractivity contribution in [3.63, 3.8) is 0 Å². The molecule has 0 unspecified atom stereocenters. The van der Waals surface area contributed by atoms with Gasteiger partial charge in [0.2, 0.25) is 5.91 Å². The number of aryl methyl sites for hydroxylation is 1. The number of nitrogens with one attached hydrogen (secondary N) is 1. The van der Waals surface area contributed by atoms with E-state index in [4.69, 9.17) is 4.74 Å². The molecule has 0 radical (unpaired) electrons. The summed E-state index contributed by atoms with van der Waals surface area (Å²) in [5.41, 5.74) is 1.56. The number of hydrogen-bond acceptors (Lipinski definition) is 7. The Hall–Kier alpha value is -2.13. The van der Waals surface area contributed by atoms with Crippen LogP contribution in [-0.4, -0.2) is 39.0 Å². The lowest BCUT2D eigenvalue weighted by molar-refractivity contribution is -0.113. The fourth-order valence-corrected chi connectivity index (χ4v) is 4.84. The molecule has 2 aromatic rings. The summed E-state index contributed by atoms with van der Waals surface area (Å²) < 4.78 is 6.99. The van der Waals surface area contributed by atoms with Crippen molar-refractivity contribution in [2.45, 2.75) is 37.9 Å². The third-order valence-electron chi connectivity index (χ3n) is 3.89. The zero-order valence-electron chi connectivity index (χ0n) is 14.5. The number of nitrogens with zero attached hydrogens (tertiary/aromatic N) is 3. The quantitative estimate of drug-likeness (QED) is 0.422. The van der Waals surface area contributed by atoms with Crippen molar-refractivity contribution in [1.82, 2.24) is 14.8 Å². The first-order valence-corrected chi connectivity index (χ1v) is 10.2. The highest BCUT2D eigenvalue weighted by Crippen LogP contribution is 2.39. The van der Waals surface area contributed by atoms with Gasteiger partial charge in [-0.2, -0.15) is 0 Å². The normalized spacial score (nSPS) is 12.7. The number of anilines is 1. The number of amides is 1. The fraction of sp³-hybridized carbons (Fsp3) is 0.412. The van der Waals surface area contributed by atoms with Crippen LogP contribution in [0.3, 0.4) is 0 Å². The lowest BCUT2D eigenvalue weighted by Crippen LogP contribution is -2.17. The monoisotopic (exact) mass is 392 g/mol. The van der Waals surface area contributed by atoms with Gasteiger partial charge in [0.05, 0.1) is 17.9 Å². The van der Waals surface area contributed by atoms with Crippen LogP contribution in [0.2, 0.25) is 0 Å². The van der Waals surface area contributed by atoms with Gasteiger partial charge in [0.15, 0.2) is 5.16 Å². The second-order valence-electron chi connectivity index (χ2n) is 5.67. The predicted molar refractivity (Wildman–Crippen MR) is 102 cm³/mol. The number of ether oxygens (including phenoxy) is 1. The van der Waals surface area contributed by atoms with E-state index in [1.807, 2.05) is 4.57 Å². The van der Waals surface area contributed by atoms with Crippen LogP contribution in [-0.2, 0) is 28.9 Å². The third kappa shape index (κ3) is 3.99. The van der Waals surface area contributed by atoms with Crippen LogP contribution < -0.4 is 5.32 Å². The Morgan fingerprint density at radius 2 is 2.35 bits per heavy atom. The lowest BCUT2D eigenvalue weighted by atomic mass is 10.1. The van der Waals surface area contributed by atoms with Gasteiger partial charge in [-0.1, -0.05) is 17.8 Å². The van der Waals surface area contributed by atoms with Crippen molar-refractivity contribution in [3.8, 4) is 0 Å². The number of allylic oxidation sites excluding steroid dienone is 1. The van der Waals surface area contributed by atoms with E-state index in [0.717, 1.165) is 24.8 Å². The molecule has 2 aromatic heterocycles. The predicted octanol–water partition coefficient (Wildman–Crippen LogP) is 2.92. The standard InChI is InChI=1S/C17H20N4O3S2/c1-3-8-21-10-18-20-17(21)25-9-13(22)19-15-14(16(23)24-4-2)11-6-5-7-12(11)26-15/h3,10H,1,4-9H2,2H3,(H,19,22). The molecule has 9 heteroatoms. The SMILES string of the molecule is C=CCn1cnnc1SCC(=O)Nc1sc2c(c1C(=O)OCC)CCC2. The van der Waals surface area contributed by atoms with Gasteiger partial charge in [0, 0.05) is 11.4 Å². The number of hydrogen-bond donors (Lipinski definition) is 1. The van der Waals surface area contributed by atoms with Gasteiger partial charge in [0.1, 0.15) is 11.3 Å². The molecule has 1 amide bonds. The number of rotatable bonds is 8. The minimum atomic E-state index is -0.361. The van der Waals surface area contributed by atoms with Gasteiger partial charge in [-0.15, -0.1) is 28.1 Å². The average molecular weight is 393 g/mol. The van der Waals surface area contributed by atoms with E-state index in [1.165, 1.54) is 28.0 Å². The zero-order chi connectivity index (χ0) is 18.5. The molecule has 0 fully saturated rings. The molecule has 0 saturated carbocycles. The molecule has 3 rings (SSSR count). The van der Waals surface area contributed by atoms with Gasteiger partial charge in [-0.05, 0) is 31.7 Å². The number of thiophene rings is 1. The van der Waals surface area contributed by atoms with E-state index >= 15 is 0 Å². The first-order chi connectivity index (χ1) is 12.6. The number of carbonyl (C=O) groups is 2. The van der Waals surface area contributed by atoms with Crippen molar-refractivity contribution >= 4 is 40.0 Å². The van der Waals surface area contributed by atoms with Crippen LogP contribution in [0.5, 0.6) is 0 Å². The van der Waals surface area contributed by atoms with Crippen molar-refractivity contribution in [2.24, 2.45) is 0 Å². The fourth-order valence-electron chi connectivity index (χ4n) is 2.82. The van der Waals surface area contributed by atoms with Crippen molar-refractivity contribution < 1.29 is 14.3 Å². The van der Waals surface area contributed by atoms with E-state index in [1.54, 1.807) is 19.3 Å². The molecule has 26 heavy (non-hydrogen) atoms. The van der Waals surface area contributed by atoms with Crippen LogP contribution in [0.25, 0.3) is 0 Å². The number of fused-ring (bicyclic) bond motifs is 1. The van der Waals surface area contributed by atoms with Crippen molar-refractivity contribution in [1.29, 1.82) is 0 Å². The largest absolute Gasteiger partial charge is 0.462 e. The van der Waals surface area contributed by atoms with E-state index in [-0.39, 0.29) is 17.6 Å². The molecule has 0 bridgehead atoms. The van der Waals surface area contributed by atoms with Gasteiger partial charge in [-0.3, -0.25) is 4.79 Å². The second-order valence-corrected chi connectivity index (χ2v) is 7.72. The summed E-state index contributed by atoms with van der Waals surface area (Å²) in [6.07, 6.45) is 6.18. The first kappa shape index (κ1) is 18.7. The summed E-state index contributed by atoms with van der Waals surface area (Å²) in [4.78, 5) is 25.9. The molecule has 138 valence electrons. The smallest absolute Gasteiger partial charge is 0.341 e. The van der Waals surface area contributed by atoms with E-state index in [2.05, 4.69) is 22.1 Å². The molecule has 0 saturated heterocycles. The highest BCUT2D eigenvalue weighted by molar-refractivity contribution is 7.99.